The fraction of sp³-hybridized carbons (Fsp3) is 0.154. The Labute approximate surface area is 190 Å². The van der Waals surface area contributed by atoms with Gasteiger partial charge in [-0.1, -0.05) is 54.6 Å². The molecule has 1 saturated heterocycles. The number of hydrogen-bond donors (Lipinski definition) is 1. The minimum Gasteiger partial charge on any atom is -0.321 e. The highest BCUT2D eigenvalue weighted by Gasteiger charge is 2.22. The number of nitrogens with zero attached hydrogens (tertiary/aromatic N) is 3. The maximum absolute atomic E-state index is 13.3. The molecule has 7 heteroatoms. The van der Waals surface area contributed by atoms with Gasteiger partial charge in [0.15, 0.2) is 5.69 Å². The van der Waals surface area contributed by atoms with Gasteiger partial charge in [0.1, 0.15) is 0 Å². The molecule has 0 bridgehead atoms. The Morgan fingerprint density at radius 2 is 1.67 bits per heavy atom. The van der Waals surface area contributed by atoms with Gasteiger partial charge in [-0.05, 0) is 36.2 Å². The second kappa shape index (κ2) is 8.70. The zero-order valence-corrected chi connectivity index (χ0v) is 17.9. The normalized spacial score (nSPS) is 13.5. The lowest BCUT2D eigenvalue weighted by Crippen LogP contribution is -2.28. The van der Waals surface area contributed by atoms with E-state index in [0.717, 1.165) is 17.7 Å². The lowest BCUT2D eigenvalue weighted by molar-refractivity contribution is -0.117. The molecule has 3 aromatic carbocycles. The largest absolute Gasteiger partial charge is 0.321 e. The van der Waals surface area contributed by atoms with E-state index in [1.807, 2.05) is 36.4 Å². The summed E-state index contributed by atoms with van der Waals surface area (Å²) in [4.78, 5) is 40.1. The van der Waals surface area contributed by atoms with Crippen LogP contribution in [0.2, 0.25) is 0 Å². The fourth-order valence-corrected chi connectivity index (χ4v) is 4.13. The topological polar surface area (TPSA) is 84.3 Å². The van der Waals surface area contributed by atoms with Crippen LogP contribution in [0.1, 0.15) is 28.9 Å². The highest BCUT2D eigenvalue weighted by Crippen LogP contribution is 2.25. The maximum atomic E-state index is 13.3. The van der Waals surface area contributed by atoms with Crippen molar-refractivity contribution in [3.63, 3.8) is 0 Å². The number of benzene rings is 3. The van der Waals surface area contributed by atoms with E-state index in [0.29, 0.717) is 29.4 Å². The van der Waals surface area contributed by atoms with E-state index in [1.165, 1.54) is 4.68 Å². The Kier molecular flexibility index (Phi) is 5.44. The fourth-order valence-electron chi connectivity index (χ4n) is 4.13. The van der Waals surface area contributed by atoms with Crippen LogP contribution in [0.5, 0.6) is 0 Å². The van der Waals surface area contributed by atoms with Crippen LogP contribution in [0.25, 0.3) is 10.8 Å². The van der Waals surface area contributed by atoms with E-state index < -0.39 is 5.91 Å². The lowest BCUT2D eigenvalue weighted by atomic mass is 10.1. The van der Waals surface area contributed by atoms with Crippen LogP contribution in [0.4, 0.5) is 11.4 Å². The van der Waals surface area contributed by atoms with Crippen molar-refractivity contribution in [2.45, 2.75) is 19.4 Å². The van der Waals surface area contributed by atoms with Crippen LogP contribution in [0.15, 0.2) is 83.7 Å². The molecule has 0 saturated carbocycles. The first-order valence-corrected chi connectivity index (χ1v) is 10.9. The van der Waals surface area contributed by atoms with E-state index in [9.17, 15) is 14.4 Å². The van der Waals surface area contributed by atoms with Crippen LogP contribution in [-0.2, 0) is 11.3 Å². The van der Waals surface area contributed by atoms with Gasteiger partial charge < -0.3 is 10.2 Å². The summed E-state index contributed by atoms with van der Waals surface area (Å²) < 4.78 is 1.33. The van der Waals surface area contributed by atoms with Gasteiger partial charge in [0.05, 0.1) is 11.9 Å². The second-order valence-corrected chi connectivity index (χ2v) is 8.00. The molecule has 0 atom stereocenters. The van der Waals surface area contributed by atoms with E-state index >= 15 is 0 Å². The van der Waals surface area contributed by atoms with Crippen molar-refractivity contribution in [1.29, 1.82) is 0 Å². The van der Waals surface area contributed by atoms with E-state index in [1.54, 1.807) is 47.4 Å². The maximum Gasteiger partial charge on any atom is 0.276 e. The summed E-state index contributed by atoms with van der Waals surface area (Å²) in [5.74, 6) is -0.336. The third kappa shape index (κ3) is 4.13. The molecule has 1 fully saturated rings. The predicted molar refractivity (Wildman–Crippen MR) is 128 cm³/mol. The van der Waals surface area contributed by atoms with Crippen molar-refractivity contribution in [1.82, 2.24) is 9.78 Å². The highest BCUT2D eigenvalue weighted by molar-refractivity contribution is 6.11. The number of nitrogens with one attached hydrogen (secondary N) is 1. The van der Waals surface area contributed by atoms with Crippen LogP contribution >= 0.6 is 0 Å². The first-order chi connectivity index (χ1) is 16.1. The summed E-state index contributed by atoms with van der Waals surface area (Å²) in [5, 5.41) is 8.25. The Bertz CT molecular complexity index is 1410. The summed E-state index contributed by atoms with van der Waals surface area (Å²) >= 11 is 0. The Morgan fingerprint density at radius 3 is 2.42 bits per heavy atom. The number of carbonyl (C=O) groups excluding carboxylic acids is 2. The first kappa shape index (κ1) is 20.6. The summed E-state index contributed by atoms with van der Waals surface area (Å²) in [6.45, 7) is 0.935. The van der Waals surface area contributed by atoms with Gasteiger partial charge in [0.2, 0.25) is 5.91 Å². The summed E-state index contributed by atoms with van der Waals surface area (Å²) in [6.07, 6.45) is 1.36. The van der Waals surface area contributed by atoms with Crippen LogP contribution < -0.4 is 15.8 Å². The Morgan fingerprint density at radius 1 is 0.909 bits per heavy atom. The lowest BCUT2D eigenvalue weighted by Gasteiger charge is -2.17. The number of anilines is 2. The van der Waals surface area contributed by atoms with Gasteiger partial charge in [0, 0.05) is 29.7 Å². The zero-order valence-electron chi connectivity index (χ0n) is 17.9. The molecular formula is C26H22N4O3. The molecule has 2 amide bonds. The SMILES string of the molecule is O=C(Nc1cccc(N2CCCC2=O)c1)c1nn(Cc2ccccc2)c(=O)c2ccccc12. The highest BCUT2D eigenvalue weighted by atomic mass is 16.2. The molecule has 1 N–H and O–H groups in total. The summed E-state index contributed by atoms with van der Waals surface area (Å²) in [7, 11) is 0. The number of amides is 2. The minimum atomic E-state index is -0.419. The monoisotopic (exact) mass is 438 g/mol. The van der Waals surface area contributed by atoms with E-state index in [-0.39, 0.29) is 23.7 Å². The molecule has 0 aliphatic carbocycles. The average Bonchev–Trinajstić information content (AvgIpc) is 3.27. The molecule has 1 aliphatic rings. The molecule has 2 heterocycles. The third-order valence-corrected chi connectivity index (χ3v) is 5.75. The van der Waals surface area contributed by atoms with Gasteiger partial charge in [-0.3, -0.25) is 14.4 Å². The van der Waals surface area contributed by atoms with Crippen LogP contribution in [0.3, 0.4) is 0 Å². The Hall–Kier alpha value is -4.26. The molecule has 0 spiro atoms. The number of carbonyl (C=O) groups is 2. The number of rotatable bonds is 5. The molecule has 0 radical (unpaired) electrons. The second-order valence-electron chi connectivity index (χ2n) is 8.00. The smallest absolute Gasteiger partial charge is 0.276 e. The van der Waals surface area contributed by atoms with Crippen LogP contribution in [-0.4, -0.2) is 28.1 Å². The molecule has 0 unspecified atom stereocenters. The number of fused-ring (bicyclic) bond motifs is 1. The molecule has 4 aromatic rings. The summed E-state index contributed by atoms with van der Waals surface area (Å²) in [6, 6.07) is 23.7. The molecular weight excluding hydrogens is 416 g/mol. The number of aromatic nitrogens is 2. The zero-order chi connectivity index (χ0) is 22.8. The van der Waals surface area contributed by atoms with Gasteiger partial charge in [-0.25, -0.2) is 4.68 Å². The molecule has 5 rings (SSSR count). The minimum absolute atomic E-state index is 0.0825. The van der Waals surface area contributed by atoms with Crippen molar-refractivity contribution in [2.24, 2.45) is 0 Å². The van der Waals surface area contributed by atoms with Crippen molar-refractivity contribution in [3.8, 4) is 0 Å². The molecule has 1 aromatic heterocycles. The Balaban J connectivity index is 1.50. The van der Waals surface area contributed by atoms with Crippen molar-refractivity contribution < 1.29 is 9.59 Å². The van der Waals surface area contributed by atoms with Crippen molar-refractivity contribution in [2.75, 3.05) is 16.8 Å². The first-order valence-electron chi connectivity index (χ1n) is 10.9. The van der Waals surface area contributed by atoms with Crippen LogP contribution in [0, 0.1) is 0 Å². The summed E-state index contributed by atoms with van der Waals surface area (Å²) in [5.41, 5.74) is 2.15. The van der Waals surface area contributed by atoms with Crippen molar-refractivity contribution in [3.05, 3.63) is 100 Å². The standard InChI is InChI=1S/C26H22N4O3/c31-23-14-7-15-29(23)20-11-6-10-19(16-20)27-25(32)24-21-12-4-5-13-22(21)26(33)30(28-24)17-18-8-2-1-3-9-18/h1-6,8-13,16H,7,14-15,17H2,(H,27,32). The third-order valence-electron chi connectivity index (χ3n) is 5.75. The average molecular weight is 438 g/mol. The molecule has 7 nitrogen and oxygen atoms in total. The quantitative estimate of drug-likeness (QED) is 0.513. The van der Waals surface area contributed by atoms with E-state index in [2.05, 4.69) is 10.4 Å². The predicted octanol–water partition coefficient (Wildman–Crippen LogP) is 3.82. The molecule has 1 aliphatic heterocycles. The molecule has 33 heavy (non-hydrogen) atoms. The van der Waals surface area contributed by atoms with Crippen molar-refractivity contribution >= 4 is 34.0 Å². The van der Waals surface area contributed by atoms with Gasteiger partial charge in [0.25, 0.3) is 11.5 Å². The van der Waals surface area contributed by atoms with Gasteiger partial charge in [-0.2, -0.15) is 5.10 Å². The van der Waals surface area contributed by atoms with Gasteiger partial charge in [-0.15, -0.1) is 0 Å². The van der Waals surface area contributed by atoms with Gasteiger partial charge >= 0.3 is 0 Å². The molecule has 164 valence electrons. The van der Waals surface area contributed by atoms with E-state index in [4.69, 9.17) is 0 Å². The number of hydrogen-bond acceptors (Lipinski definition) is 4.